The molecule has 138 valence electrons. The summed E-state index contributed by atoms with van der Waals surface area (Å²) in [5.41, 5.74) is 2.12. The minimum absolute atomic E-state index is 0.0549. The molecule has 26 heavy (non-hydrogen) atoms. The Morgan fingerprint density at radius 3 is 2.15 bits per heavy atom. The van der Waals surface area contributed by atoms with Crippen molar-refractivity contribution in [3.05, 3.63) is 65.7 Å². The maximum Gasteiger partial charge on any atom is 0.253 e. The van der Waals surface area contributed by atoms with E-state index in [4.69, 9.17) is 0 Å². The zero-order valence-electron chi connectivity index (χ0n) is 15.0. The van der Waals surface area contributed by atoms with Crippen molar-refractivity contribution in [2.45, 2.75) is 25.8 Å². The van der Waals surface area contributed by atoms with Crippen LogP contribution in [0.15, 0.2) is 54.6 Å². The van der Waals surface area contributed by atoms with Gasteiger partial charge in [0.15, 0.2) is 0 Å². The fourth-order valence-electron chi connectivity index (χ4n) is 3.19. The highest BCUT2D eigenvalue weighted by Crippen LogP contribution is 2.21. The number of piperidine rings is 1. The van der Waals surface area contributed by atoms with E-state index >= 15 is 0 Å². The van der Waals surface area contributed by atoms with Gasteiger partial charge in [-0.05, 0) is 49.1 Å². The minimum atomic E-state index is -3.40. The first-order chi connectivity index (χ1) is 12.4. The van der Waals surface area contributed by atoms with Gasteiger partial charge in [-0.25, -0.2) is 8.42 Å². The lowest BCUT2D eigenvalue weighted by Crippen LogP contribution is -2.35. The van der Waals surface area contributed by atoms with Gasteiger partial charge < -0.3 is 4.90 Å². The Labute approximate surface area is 155 Å². The average molecular weight is 372 g/mol. The second-order valence-electron chi connectivity index (χ2n) is 6.65. The molecule has 0 bridgehead atoms. The minimum Gasteiger partial charge on any atom is -0.339 e. The van der Waals surface area contributed by atoms with Crippen LogP contribution in [0.25, 0.3) is 0 Å². The van der Waals surface area contributed by atoms with Crippen LogP contribution in [0.3, 0.4) is 0 Å². The molecule has 0 saturated carbocycles. The summed E-state index contributed by atoms with van der Waals surface area (Å²) in [6.45, 7) is 1.87. The molecule has 1 fully saturated rings. The lowest BCUT2D eigenvalue weighted by Gasteiger charge is -2.27. The predicted octanol–water partition coefficient (Wildman–Crippen LogP) is 3.28. The first kappa shape index (κ1) is 18.5. The number of sulfonamides is 1. The van der Waals surface area contributed by atoms with E-state index in [1.807, 2.05) is 35.2 Å². The molecule has 1 saturated heterocycles. The molecule has 3 rings (SSSR count). The molecule has 0 radical (unpaired) electrons. The third kappa shape index (κ3) is 4.43. The summed E-state index contributed by atoms with van der Waals surface area (Å²) in [5, 5.41) is 0. The van der Waals surface area contributed by atoms with Gasteiger partial charge in [-0.2, -0.15) is 0 Å². The van der Waals surface area contributed by atoms with Gasteiger partial charge in [0.25, 0.3) is 5.91 Å². The summed E-state index contributed by atoms with van der Waals surface area (Å²) in [6.07, 6.45) is 4.51. The molecule has 0 aliphatic carbocycles. The Morgan fingerprint density at radius 1 is 0.962 bits per heavy atom. The molecule has 0 spiro atoms. The predicted molar refractivity (Wildman–Crippen MR) is 104 cm³/mol. The van der Waals surface area contributed by atoms with Gasteiger partial charge in [-0.1, -0.05) is 30.3 Å². The molecule has 0 N–H and O–H groups in total. The van der Waals surface area contributed by atoms with Gasteiger partial charge in [0, 0.05) is 18.7 Å². The van der Waals surface area contributed by atoms with Crippen LogP contribution < -0.4 is 4.31 Å². The number of hydrogen-bond donors (Lipinski definition) is 0. The molecule has 2 aromatic rings. The molecule has 2 aromatic carbocycles. The molecule has 1 aliphatic rings. The molecule has 0 unspecified atom stereocenters. The second-order valence-corrected chi connectivity index (χ2v) is 8.56. The van der Waals surface area contributed by atoms with Crippen molar-refractivity contribution < 1.29 is 13.2 Å². The topological polar surface area (TPSA) is 57.7 Å². The molecular weight excluding hydrogens is 348 g/mol. The SMILES string of the molecule is CS(=O)(=O)N(Cc1ccc(C(=O)N2CCCCC2)cc1)c1ccccc1. The van der Waals surface area contributed by atoms with Crippen molar-refractivity contribution >= 4 is 21.6 Å². The van der Waals surface area contributed by atoms with Crippen LogP contribution in [0.1, 0.15) is 35.2 Å². The molecule has 0 atom stereocenters. The normalized spacial score (nSPS) is 14.9. The van der Waals surface area contributed by atoms with Crippen molar-refractivity contribution in [3.8, 4) is 0 Å². The van der Waals surface area contributed by atoms with Crippen molar-refractivity contribution in [2.75, 3.05) is 23.7 Å². The second kappa shape index (κ2) is 7.91. The molecule has 0 aromatic heterocycles. The summed E-state index contributed by atoms with van der Waals surface area (Å²) in [5.74, 6) is 0.0549. The zero-order chi connectivity index (χ0) is 18.6. The first-order valence-corrected chi connectivity index (χ1v) is 10.7. The van der Waals surface area contributed by atoms with Gasteiger partial charge in [0.05, 0.1) is 18.5 Å². The number of anilines is 1. The van der Waals surface area contributed by atoms with E-state index in [0.29, 0.717) is 11.3 Å². The van der Waals surface area contributed by atoms with Crippen LogP contribution in [0.2, 0.25) is 0 Å². The quantitative estimate of drug-likeness (QED) is 0.809. The van der Waals surface area contributed by atoms with Gasteiger partial charge in [0.1, 0.15) is 0 Å². The fraction of sp³-hybridized carbons (Fsp3) is 0.350. The van der Waals surface area contributed by atoms with Crippen LogP contribution >= 0.6 is 0 Å². The molecular formula is C20H24N2O3S. The molecule has 1 aliphatic heterocycles. The Kier molecular flexibility index (Phi) is 5.61. The van der Waals surface area contributed by atoms with E-state index in [1.54, 1.807) is 24.3 Å². The van der Waals surface area contributed by atoms with Crippen LogP contribution in [0.4, 0.5) is 5.69 Å². The number of benzene rings is 2. The fourth-order valence-corrected chi connectivity index (χ4v) is 4.08. The largest absolute Gasteiger partial charge is 0.339 e. The van der Waals surface area contributed by atoms with E-state index in [0.717, 1.165) is 31.5 Å². The Morgan fingerprint density at radius 2 is 1.58 bits per heavy atom. The van der Waals surface area contributed by atoms with Crippen molar-refractivity contribution in [1.29, 1.82) is 0 Å². The highest BCUT2D eigenvalue weighted by Gasteiger charge is 2.20. The zero-order valence-corrected chi connectivity index (χ0v) is 15.8. The number of nitrogens with zero attached hydrogens (tertiary/aromatic N) is 2. The maximum absolute atomic E-state index is 12.5. The number of rotatable bonds is 5. The summed E-state index contributed by atoms with van der Waals surface area (Å²) < 4.78 is 25.7. The number of carbonyl (C=O) groups excluding carboxylic acids is 1. The highest BCUT2D eigenvalue weighted by molar-refractivity contribution is 7.92. The summed E-state index contributed by atoms with van der Waals surface area (Å²) in [7, 11) is -3.40. The monoisotopic (exact) mass is 372 g/mol. The number of hydrogen-bond acceptors (Lipinski definition) is 3. The number of carbonyl (C=O) groups is 1. The Hall–Kier alpha value is -2.34. The van der Waals surface area contributed by atoms with Gasteiger partial charge in [-0.15, -0.1) is 0 Å². The van der Waals surface area contributed by atoms with E-state index < -0.39 is 10.0 Å². The molecule has 1 amide bonds. The van der Waals surface area contributed by atoms with E-state index in [2.05, 4.69) is 0 Å². The lowest BCUT2D eigenvalue weighted by atomic mass is 10.1. The van der Waals surface area contributed by atoms with Crippen LogP contribution in [-0.2, 0) is 16.6 Å². The smallest absolute Gasteiger partial charge is 0.253 e. The first-order valence-electron chi connectivity index (χ1n) is 8.86. The van der Waals surface area contributed by atoms with E-state index in [9.17, 15) is 13.2 Å². The van der Waals surface area contributed by atoms with E-state index in [-0.39, 0.29) is 12.5 Å². The van der Waals surface area contributed by atoms with Crippen molar-refractivity contribution in [2.24, 2.45) is 0 Å². The summed E-state index contributed by atoms with van der Waals surface area (Å²) in [4.78, 5) is 14.4. The third-order valence-corrected chi connectivity index (χ3v) is 5.76. The number of amides is 1. The third-order valence-electron chi connectivity index (χ3n) is 4.61. The highest BCUT2D eigenvalue weighted by atomic mass is 32.2. The van der Waals surface area contributed by atoms with E-state index in [1.165, 1.54) is 17.0 Å². The standard InChI is InChI=1S/C20H24N2O3S/c1-26(24,25)22(19-8-4-2-5-9-19)16-17-10-12-18(13-11-17)20(23)21-14-6-3-7-15-21/h2,4-5,8-13H,3,6-7,14-16H2,1H3. The molecule has 1 heterocycles. The van der Waals surface area contributed by atoms with Gasteiger partial charge >= 0.3 is 0 Å². The summed E-state index contributed by atoms with van der Waals surface area (Å²) >= 11 is 0. The number of likely N-dealkylation sites (tertiary alicyclic amines) is 1. The van der Waals surface area contributed by atoms with Crippen molar-refractivity contribution in [3.63, 3.8) is 0 Å². The maximum atomic E-state index is 12.5. The number of para-hydroxylation sites is 1. The van der Waals surface area contributed by atoms with Crippen LogP contribution in [0, 0.1) is 0 Å². The van der Waals surface area contributed by atoms with Crippen LogP contribution in [0.5, 0.6) is 0 Å². The Bertz CT molecular complexity index is 842. The molecule has 5 nitrogen and oxygen atoms in total. The Balaban J connectivity index is 1.76. The summed E-state index contributed by atoms with van der Waals surface area (Å²) in [6, 6.07) is 16.3. The van der Waals surface area contributed by atoms with Crippen LogP contribution in [-0.4, -0.2) is 38.6 Å². The van der Waals surface area contributed by atoms with Gasteiger partial charge in [0.2, 0.25) is 10.0 Å². The van der Waals surface area contributed by atoms with Gasteiger partial charge in [-0.3, -0.25) is 9.10 Å². The molecule has 6 heteroatoms. The average Bonchev–Trinajstić information content (AvgIpc) is 2.66. The lowest BCUT2D eigenvalue weighted by molar-refractivity contribution is 0.0724. The van der Waals surface area contributed by atoms with Crippen molar-refractivity contribution in [1.82, 2.24) is 4.90 Å².